The Kier molecular flexibility index (Phi) is 6.26. The molecule has 0 fully saturated rings. The van der Waals surface area contributed by atoms with Crippen molar-refractivity contribution >= 4 is 11.7 Å². The lowest BCUT2D eigenvalue weighted by molar-refractivity contribution is 0.248. The summed E-state index contributed by atoms with van der Waals surface area (Å²) in [7, 11) is 0. The summed E-state index contributed by atoms with van der Waals surface area (Å²) in [6.07, 6.45) is 3.40. The lowest BCUT2D eigenvalue weighted by atomic mass is 10.0. The van der Waals surface area contributed by atoms with Gasteiger partial charge in [-0.05, 0) is 31.4 Å². The zero-order chi connectivity index (χ0) is 13.4. The minimum Gasteiger partial charge on any atom is -0.335 e. The van der Waals surface area contributed by atoms with Crippen LogP contribution < -0.4 is 10.6 Å². The second-order valence-corrected chi connectivity index (χ2v) is 5.19. The SMILES string of the molecule is CC(C)CCC[C@@H](C)NC(=O)Nc1ccccc1. The quantitative estimate of drug-likeness (QED) is 0.784. The van der Waals surface area contributed by atoms with Crippen LogP contribution in [0.15, 0.2) is 30.3 Å². The van der Waals surface area contributed by atoms with Gasteiger partial charge in [0, 0.05) is 11.7 Å². The van der Waals surface area contributed by atoms with E-state index in [9.17, 15) is 4.79 Å². The molecule has 3 heteroatoms. The first-order valence-corrected chi connectivity index (χ1v) is 6.70. The Morgan fingerprint density at radius 1 is 1.11 bits per heavy atom. The lowest BCUT2D eigenvalue weighted by Crippen LogP contribution is -2.36. The van der Waals surface area contributed by atoms with E-state index in [1.807, 2.05) is 37.3 Å². The third-order valence-electron chi connectivity index (χ3n) is 2.83. The molecule has 0 saturated carbocycles. The van der Waals surface area contributed by atoms with Gasteiger partial charge in [0.05, 0.1) is 0 Å². The standard InChI is InChI=1S/C15H24N2O/c1-12(2)8-7-9-13(3)16-15(18)17-14-10-5-4-6-11-14/h4-6,10-13H,7-9H2,1-3H3,(H2,16,17,18)/t13-/m1/s1. The number of nitrogens with one attached hydrogen (secondary N) is 2. The Hall–Kier alpha value is -1.51. The van der Waals surface area contributed by atoms with Gasteiger partial charge in [-0.2, -0.15) is 0 Å². The number of carbonyl (C=O) groups is 1. The van der Waals surface area contributed by atoms with E-state index < -0.39 is 0 Å². The van der Waals surface area contributed by atoms with Gasteiger partial charge in [0.2, 0.25) is 0 Å². The summed E-state index contributed by atoms with van der Waals surface area (Å²) in [4.78, 5) is 11.7. The smallest absolute Gasteiger partial charge is 0.319 e. The molecule has 0 aliphatic carbocycles. The van der Waals surface area contributed by atoms with E-state index in [2.05, 4.69) is 24.5 Å². The summed E-state index contributed by atoms with van der Waals surface area (Å²) in [5.41, 5.74) is 0.824. The number of amides is 2. The zero-order valence-electron chi connectivity index (χ0n) is 11.6. The van der Waals surface area contributed by atoms with Gasteiger partial charge in [-0.3, -0.25) is 0 Å². The number of urea groups is 1. The van der Waals surface area contributed by atoms with Crippen LogP contribution in [0.2, 0.25) is 0 Å². The monoisotopic (exact) mass is 248 g/mol. The molecule has 2 amide bonds. The Morgan fingerprint density at radius 2 is 1.78 bits per heavy atom. The van der Waals surface area contributed by atoms with E-state index in [1.165, 1.54) is 6.42 Å². The number of benzene rings is 1. The molecule has 0 aromatic heterocycles. The molecule has 3 nitrogen and oxygen atoms in total. The van der Waals surface area contributed by atoms with Crippen LogP contribution >= 0.6 is 0 Å². The van der Waals surface area contributed by atoms with Gasteiger partial charge in [-0.15, -0.1) is 0 Å². The topological polar surface area (TPSA) is 41.1 Å². The number of rotatable bonds is 6. The van der Waals surface area contributed by atoms with Crippen LogP contribution in [0.1, 0.15) is 40.0 Å². The van der Waals surface area contributed by atoms with Crippen molar-refractivity contribution in [2.45, 2.75) is 46.1 Å². The van der Waals surface area contributed by atoms with Crippen LogP contribution in [0.4, 0.5) is 10.5 Å². The molecule has 1 aromatic rings. The van der Waals surface area contributed by atoms with Crippen LogP contribution in [-0.4, -0.2) is 12.1 Å². The summed E-state index contributed by atoms with van der Waals surface area (Å²) in [5.74, 6) is 0.732. The van der Waals surface area contributed by atoms with Gasteiger partial charge in [-0.25, -0.2) is 4.79 Å². The van der Waals surface area contributed by atoms with Crippen LogP contribution in [-0.2, 0) is 0 Å². The molecule has 1 atom stereocenters. The van der Waals surface area contributed by atoms with Gasteiger partial charge >= 0.3 is 6.03 Å². The number of para-hydroxylation sites is 1. The Bertz CT molecular complexity index is 349. The van der Waals surface area contributed by atoms with Crippen LogP contribution in [0, 0.1) is 5.92 Å². The Balaban J connectivity index is 2.23. The predicted octanol–water partition coefficient (Wildman–Crippen LogP) is 4.02. The van der Waals surface area contributed by atoms with Crippen molar-refractivity contribution in [3.8, 4) is 0 Å². The van der Waals surface area contributed by atoms with Crippen molar-refractivity contribution in [1.29, 1.82) is 0 Å². The van der Waals surface area contributed by atoms with Crippen molar-refractivity contribution in [3.05, 3.63) is 30.3 Å². The molecule has 0 saturated heterocycles. The van der Waals surface area contributed by atoms with Gasteiger partial charge in [-0.1, -0.05) is 44.9 Å². The largest absolute Gasteiger partial charge is 0.335 e. The summed E-state index contributed by atoms with van der Waals surface area (Å²) in [5, 5.41) is 5.77. The molecular weight excluding hydrogens is 224 g/mol. The molecule has 2 N–H and O–H groups in total. The van der Waals surface area contributed by atoms with Crippen LogP contribution in [0.5, 0.6) is 0 Å². The lowest BCUT2D eigenvalue weighted by Gasteiger charge is -2.15. The Labute approximate surface area is 110 Å². The summed E-state index contributed by atoms with van der Waals surface area (Å²) >= 11 is 0. The normalized spacial score (nSPS) is 12.2. The highest BCUT2D eigenvalue weighted by Gasteiger charge is 2.07. The Morgan fingerprint density at radius 3 is 2.39 bits per heavy atom. The summed E-state index contributed by atoms with van der Waals surface area (Å²) in [6.45, 7) is 6.49. The van der Waals surface area contributed by atoms with E-state index in [0.29, 0.717) is 0 Å². The number of hydrogen-bond donors (Lipinski definition) is 2. The minimum atomic E-state index is -0.127. The molecule has 100 valence electrons. The molecular formula is C15H24N2O. The summed E-state index contributed by atoms with van der Waals surface area (Å²) < 4.78 is 0. The molecule has 0 bridgehead atoms. The van der Waals surface area contributed by atoms with Gasteiger partial charge in [0.15, 0.2) is 0 Å². The van der Waals surface area contributed by atoms with Crippen molar-refractivity contribution in [1.82, 2.24) is 5.32 Å². The zero-order valence-corrected chi connectivity index (χ0v) is 11.6. The fraction of sp³-hybridized carbons (Fsp3) is 0.533. The highest BCUT2D eigenvalue weighted by molar-refractivity contribution is 5.89. The third-order valence-corrected chi connectivity index (χ3v) is 2.83. The molecule has 0 radical (unpaired) electrons. The first kappa shape index (κ1) is 14.6. The second-order valence-electron chi connectivity index (χ2n) is 5.19. The first-order chi connectivity index (χ1) is 8.58. The predicted molar refractivity (Wildman–Crippen MR) is 76.7 cm³/mol. The van der Waals surface area contributed by atoms with Crippen LogP contribution in [0.3, 0.4) is 0 Å². The van der Waals surface area contributed by atoms with Crippen molar-refractivity contribution in [2.24, 2.45) is 5.92 Å². The molecule has 1 rings (SSSR count). The fourth-order valence-electron chi connectivity index (χ4n) is 1.82. The van der Waals surface area contributed by atoms with E-state index >= 15 is 0 Å². The number of anilines is 1. The van der Waals surface area contributed by atoms with E-state index in [1.54, 1.807) is 0 Å². The number of hydrogen-bond acceptors (Lipinski definition) is 1. The molecule has 0 spiro atoms. The number of carbonyl (C=O) groups excluding carboxylic acids is 1. The minimum absolute atomic E-state index is 0.127. The molecule has 0 heterocycles. The average Bonchev–Trinajstić information content (AvgIpc) is 2.29. The molecule has 0 unspecified atom stereocenters. The maximum atomic E-state index is 11.7. The van der Waals surface area contributed by atoms with Crippen molar-refractivity contribution < 1.29 is 4.79 Å². The highest BCUT2D eigenvalue weighted by atomic mass is 16.2. The molecule has 0 aliphatic rings. The van der Waals surface area contributed by atoms with Gasteiger partial charge < -0.3 is 10.6 Å². The molecule has 18 heavy (non-hydrogen) atoms. The van der Waals surface area contributed by atoms with E-state index in [0.717, 1.165) is 24.4 Å². The fourth-order valence-corrected chi connectivity index (χ4v) is 1.82. The first-order valence-electron chi connectivity index (χ1n) is 6.70. The average molecular weight is 248 g/mol. The highest BCUT2D eigenvalue weighted by Crippen LogP contribution is 2.09. The second kappa shape index (κ2) is 7.75. The van der Waals surface area contributed by atoms with E-state index in [-0.39, 0.29) is 12.1 Å². The summed E-state index contributed by atoms with van der Waals surface area (Å²) in [6, 6.07) is 9.58. The van der Waals surface area contributed by atoms with Crippen molar-refractivity contribution in [2.75, 3.05) is 5.32 Å². The maximum Gasteiger partial charge on any atom is 0.319 e. The third kappa shape index (κ3) is 6.28. The van der Waals surface area contributed by atoms with Gasteiger partial charge in [0.25, 0.3) is 0 Å². The van der Waals surface area contributed by atoms with Crippen LogP contribution in [0.25, 0.3) is 0 Å². The maximum absolute atomic E-state index is 11.7. The van der Waals surface area contributed by atoms with Gasteiger partial charge in [0.1, 0.15) is 0 Å². The molecule has 0 aliphatic heterocycles. The van der Waals surface area contributed by atoms with Crippen molar-refractivity contribution in [3.63, 3.8) is 0 Å². The van der Waals surface area contributed by atoms with E-state index in [4.69, 9.17) is 0 Å². The molecule has 1 aromatic carbocycles.